The zero-order valence-electron chi connectivity index (χ0n) is 6.31. The minimum atomic E-state index is -1.54. The van der Waals surface area contributed by atoms with E-state index < -0.39 is 17.5 Å². The molecule has 0 aromatic heterocycles. The molecule has 2 nitrogen and oxygen atoms in total. The lowest BCUT2D eigenvalue weighted by molar-refractivity contribution is 0.265. The molecule has 0 aliphatic rings. The van der Waals surface area contributed by atoms with Crippen LogP contribution < -0.4 is 0 Å². The quantitative estimate of drug-likeness (QED) is 0.676. The fourth-order valence-electron chi connectivity index (χ4n) is 0.804. The van der Waals surface area contributed by atoms with E-state index in [1.807, 2.05) is 0 Å². The van der Waals surface area contributed by atoms with Crippen LogP contribution in [-0.2, 0) is 16.1 Å². The van der Waals surface area contributed by atoms with Crippen molar-refractivity contribution in [3.8, 4) is 0 Å². The molecule has 0 N–H and O–H groups in total. The Morgan fingerprint density at radius 2 is 1.77 bits per heavy atom. The first-order valence-corrected chi connectivity index (χ1v) is 3.27. The van der Waals surface area contributed by atoms with Crippen molar-refractivity contribution >= 4 is 6.47 Å². The second kappa shape index (κ2) is 3.93. The highest BCUT2D eigenvalue weighted by atomic mass is 19.2. The van der Waals surface area contributed by atoms with E-state index in [2.05, 4.69) is 4.74 Å². The molecule has 0 fully saturated rings. The molecule has 0 aliphatic carbocycles. The molecule has 0 bridgehead atoms. The standard InChI is InChI=1S/C8H4F3O2/c9-6-1-5(3-13-4-12)2-7(10)8(6)11/h1-2H,3H2. The highest BCUT2D eigenvalue weighted by Gasteiger charge is 2.10. The van der Waals surface area contributed by atoms with Crippen LogP contribution in [0.4, 0.5) is 13.2 Å². The molecular formula is C8H4F3O2. The van der Waals surface area contributed by atoms with Crippen LogP contribution in [0.3, 0.4) is 0 Å². The van der Waals surface area contributed by atoms with E-state index in [-0.39, 0.29) is 12.2 Å². The largest absolute Gasteiger partial charge is 0.452 e. The number of halogens is 3. The molecule has 13 heavy (non-hydrogen) atoms. The lowest BCUT2D eigenvalue weighted by Gasteiger charge is -2.00. The van der Waals surface area contributed by atoms with Gasteiger partial charge in [0.05, 0.1) is 0 Å². The molecule has 0 saturated carbocycles. The summed E-state index contributed by atoms with van der Waals surface area (Å²) < 4.78 is 41.5. The van der Waals surface area contributed by atoms with E-state index >= 15 is 0 Å². The minimum absolute atomic E-state index is 0.0275. The number of benzene rings is 1. The fourth-order valence-corrected chi connectivity index (χ4v) is 0.804. The van der Waals surface area contributed by atoms with Crippen LogP contribution >= 0.6 is 0 Å². The van der Waals surface area contributed by atoms with Gasteiger partial charge in [-0.3, -0.25) is 0 Å². The van der Waals surface area contributed by atoms with Gasteiger partial charge in [0, 0.05) is 0 Å². The van der Waals surface area contributed by atoms with Crippen LogP contribution in [0.25, 0.3) is 0 Å². The van der Waals surface area contributed by atoms with E-state index in [0.717, 1.165) is 18.6 Å². The molecule has 0 atom stereocenters. The summed E-state index contributed by atoms with van der Waals surface area (Å²) in [5.41, 5.74) is 0.0275. The summed E-state index contributed by atoms with van der Waals surface area (Å²) in [7, 11) is 0. The maximum atomic E-state index is 12.5. The van der Waals surface area contributed by atoms with Crippen LogP contribution in [0, 0.1) is 17.5 Å². The summed E-state index contributed by atoms with van der Waals surface area (Å²) in [6.07, 6.45) is 0. The van der Waals surface area contributed by atoms with Crippen molar-refractivity contribution in [1.82, 2.24) is 0 Å². The average Bonchev–Trinajstić information content (AvgIpc) is 2.10. The van der Waals surface area contributed by atoms with Gasteiger partial charge in [-0.2, -0.15) is 0 Å². The fraction of sp³-hybridized carbons (Fsp3) is 0.125. The van der Waals surface area contributed by atoms with Crippen molar-refractivity contribution in [2.45, 2.75) is 6.61 Å². The predicted octanol–water partition coefficient (Wildman–Crippen LogP) is 1.69. The third kappa shape index (κ3) is 2.21. The summed E-state index contributed by atoms with van der Waals surface area (Å²) in [6, 6.07) is 1.49. The highest BCUT2D eigenvalue weighted by Crippen LogP contribution is 2.13. The molecular weight excluding hydrogens is 185 g/mol. The molecule has 1 aromatic carbocycles. The number of hydrogen-bond donors (Lipinski definition) is 0. The van der Waals surface area contributed by atoms with Crippen LogP contribution in [0.1, 0.15) is 5.56 Å². The normalized spacial score (nSPS) is 9.77. The zero-order chi connectivity index (χ0) is 9.84. The summed E-state index contributed by atoms with van der Waals surface area (Å²) in [6.45, 7) is 0.745. The highest BCUT2D eigenvalue weighted by molar-refractivity contribution is 5.38. The molecule has 69 valence electrons. The molecule has 1 radical (unpaired) electrons. The van der Waals surface area contributed by atoms with Crippen LogP contribution in [0.5, 0.6) is 0 Å². The van der Waals surface area contributed by atoms with Gasteiger partial charge in [-0.05, 0) is 17.7 Å². The van der Waals surface area contributed by atoms with Gasteiger partial charge < -0.3 is 4.74 Å². The Kier molecular flexibility index (Phi) is 2.89. The molecule has 1 rings (SSSR count). The van der Waals surface area contributed by atoms with Crippen LogP contribution in [-0.4, -0.2) is 6.47 Å². The third-order valence-corrected chi connectivity index (χ3v) is 1.34. The summed E-state index contributed by atoms with van der Waals surface area (Å²) in [5, 5.41) is 0. The van der Waals surface area contributed by atoms with Crippen molar-refractivity contribution in [3.63, 3.8) is 0 Å². The summed E-state index contributed by atoms with van der Waals surface area (Å²) >= 11 is 0. The maximum absolute atomic E-state index is 12.5. The lowest BCUT2D eigenvalue weighted by atomic mass is 10.2. The molecule has 0 spiro atoms. The number of ether oxygens (including phenoxy) is 1. The Hall–Kier alpha value is -1.52. The molecule has 1 aromatic rings. The Labute approximate surface area is 71.9 Å². The Morgan fingerprint density at radius 1 is 1.23 bits per heavy atom. The van der Waals surface area contributed by atoms with Gasteiger partial charge in [0.1, 0.15) is 6.61 Å². The SMILES string of the molecule is O=[C]OCc1cc(F)c(F)c(F)c1. The first-order chi connectivity index (χ1) is 6.15. The predicted molar refractivity (Wildman–Crippen MR) is 36.8 cm³/mol. The number of rotatable bonds is 3. The summed E-state index contributed by atoms with van der Waals surface area (Å²) in [4.78, 5) is 9.61. The van der Waals surface area contributed by atoms with E-state index in [4.69, 9.17) is 0 Å². The van der Waals surface area contributed by atoms with Crippen LogP contribution in [0.2, 0.25) is 0 Å². The second-order valence-corrected chi connectivity index (χ2v) is 2.25. The van der Waals surface area contributed by atoms with E-state index in [1.165, 1.54) is 0 Å². The van der Waals surface area contributed by atoms with Crippen molar-refractivity contribution in [2.75, 3.05) is 0 Å². The van der Waals surface area contributed by atoms with E-state index in [1.54, 1.807) is 0 Å². The third-order valence-electron chi connectivity index (χ3n) is 1.34. The van der Waals surface area contributed by atoms with Gasteiger partial charge in [-0.25, -0.2) is 18.0 Å². The lowest BCUT2D eigenvalue weighted by Crippen LogP contribution is -1.96. The van der Waals surface area contributed by atoms with Gasteiger partial charge >= 0.3 is 6.47 Å². The van der Waals surface area contributed by atoms with Gasteiger partial charge in [0.25, 0.3) is 0 Å². The number of carbonyl (C=O) groups excluding carboxylic acids is 1. The molecule has 0 saturated heterocycles. The molecule has 0 unspecified atom stereocenters. The van der Waals surface area contributed by atoms with Crippen LogP contribution in [0.15, 0.2) is 12.1 Å². The minimum Gasteiger partial charge on any atom is -0.452 e. The number of hydrogen-bond acceptors (Lipinski definition) is 2. The molecule has 5 heteroatoms. The Balaban J connectivity index is 2.92. The maximum Gasteiger partial charge on any atom is 0.417 e. The molecule has 0 aliphatic heterocycles. The van der Waals surface area contributed by atoms with Gasteiger partial charge in [0.15, 0.2) is 17.5 Å². The molecule has 0 amide bonds. The van der Waals surface area contributed by atoms with E-state index in [9.17, 15) is 18.0 Å². The zero-order valence-corrected chi connectivity index (χ0v) is 6.31. The topological polar surface area (TPSA) is 26.3 Å². The first kappa shape index (κ1) is 9.57. The first-order valence-electron chi connectivity index (χ1n) is 3.27. The molecule has 0 heterocycles. The Bertz CT molecular complexity index is 302. The van der Waals surface area contributed by atoms with Crippen molar-refractivity contribution in [1.29, 1.82) is 0 Å². The Morgan fingerprint density at radius 3 is 2.23 bits per heavy atom. The smallest absolute Gasteiger partial charge is 0.417 e. The van der Waals surface area contributed by atoms with Crippen molar-refractivity contribution in [3.05, 3.63) is 35.1 Å². The van der Waals surface area contributed by atoms with Gasteiger partial charge in [0.2, 0.25) is 0 Å². The van der Waals surface area contributed by atoms with Crippen molar-refractivity contribution < 1.29 is 22.7 Å². The van der Waals surface area contributed by atoms with E-state index in [0.29, 0.717) is 0 Å². The summed E-state index contributed by atoms with van der Waals surface area (Å²) in [5.74, 6) is -4.17. The average molecular weight is 189 g/mol. The van der Waals surface area contributed by atoms with Gasteiger partial charge in [-0.1, -0.05) is 0 Å². The van der Waals surface area contributed by atoms with Gasteiger partial charge in [-0.15, -0.1) is 0 Å². The second-order valence-electron chi connectivity index (χ2n) is 2.25. The monoisotopic (exact) mass is 189 g/mol. The van der Waals surface area contributed by atoms with Crippen molar-refractivity contribution in [2.24, 2.45) is 0 Å².